The summed E-state index contributed by atoms with van der Waals surface area (Å²) in [5.74, 6) is -0.773. The molecule has 10 heteroatoms. The molecule has 150 valence electrons. The topological polar surface area (TPSA) is 75.7 Å². The molecule has 2 aromatic carbocycles. The maximum Gasteiger partial charge on any atom is 0.417 e. The van der Waals surface area contributed by atoms with Gasteiger partial charge in [-0.3, -0.25) is 9.10 Å². The second-order valence-corrected chi connectivity index (χ2v) is 8.14. The van der Waals surface area contributed by atoms with Crippen molar-refractivity contribution in [1.82, 2.24) is 0 Å². The van der Waals surface area contributed by atoms with Crippen LogP contribution in [0.2, 0.25) is 0 Å². The van der Waals surface area contributed by atoms with Crippen LogP contribution in [-0.2, 0) is 16.2 Å². The van der Waals surface area contributed by atoms with Crippen LogP contribution < -0.4 is 14.4 Å². The summed E-state index contributed by atoms with van der Waals surface area (Å²) in [6.45, 7) is 0.291. The Labute approximate surface area is 160 Å². The highest BCUT2D eigenvalue weighted by Gasteiger charge is 2.35. The van der Waals surface area contributed by atoms with E-state index < -0.39 is 33.2 Å². The van der Waals surface area contributed by atoms with Crippen molar-refractivity contribution in [2.45, 2.75) is 12.6 Å². The molecule has 1 saturated heterocycles. The molecule has 0 aromatic heterocycles. The summed E-state index contributed by atoms with van der Waals surface area (Å²) in [5, 5.41) is 2.40. The van der Waals surface area contributed by atoms with Gasteiger partial charge in [0.2, 0.25) is 10.0 Å². The van der Waals surface area contributed by atoms with Crippen LogP contribution in [0.15, 0.2) is 42.5 Å². The molecule has 1 amide bonds. The Morgan fingerprint density at radius 1 is 1.18 bits per heavy atom. The predicted octanol–water partition coefficient (Wildman–Crippen LogP) is 3.51. The fraction of sp³-hybridized carbons (Fsp3) is 0.278. The first-order valence-corrected chi connectivity index (χ1v) is 9.90. The van der Waals surface area contributed by atoms with Crippen molar-refractivity contribution in [3.63, 3.8) is 0 Å². The Morgan fingerprint density at radius 2 is 1.89 bits per heavy atom. The lowest BCUT2D eigenvalue weighted by Gasteiger charge is -2.19. The average Bonchev–Trinajstić information content (AvgIpc) is 3.00. The van der Waals surface area contributed by atoms with Gasteiger partial charge in [-0.15, -0.1) is 0 Å². The maximum atomic E-state index is 13.2. The van der Waals surface area contributed by atoms with Crippen molar-refractivity contribution >= 4 is 27.3 Å². The van der Waals surface area contributed by atoms with Crippen molar-refractivity contribution < 1.29 is 31.1 Å². The van der Waals surface area contributed by atoms with E-state index in [0.29, 0.717) is 18.7 Å². The monoisotopic (exact) mass is 414 g/mol. The second-order valence-electron chi connectivity index (χ2n) is 6.12. The largest absolute Gasteiger partial charge is 0.495 e. The van der Waals surface area contributed by atoms with Crippen LogP contribution in [0.3, 0.4) is 0 Å². The molecule has 6 nitrogen and oxygen atoms in total. The van der Waals surface area contributed by atoms with Crippen LogP contribution in [-0.4, -0.2) is 33.7 Å². The van der Waals surface area contributed by atoms with Crippen molar-refractivity contribution in [2.75, 3.05) is 29.0 Å². The van der Waals surface area contributed by atoms with Crippen LogP contribution in [0, 0.1) is 0 Å². The molecule has 28 heavy (non-hydrogen) atoms. The van der Waals surface area contributed by atoms with Crippen LogP contribution in [0.1, 0.15) is 22.3 Å². The number of nitrogens with one attached hydrogen (secondary N) is 1. The van der Waals surface area contributed by atoms with Crippen molar-refractivity contribution in [3.05, 3.63) is 53.6 Å². The normalized spacial score (nSPS) is 16.1. The Bertz CT molecular complexity index is 1010. The molecule has 0 unspecified atom stereocenters. The molecule has 0 saturated carbocycles. The van der Waals surface area contributed by atoms with E-state index in [1.165, 1.54) is 41.7 Å². The summed E-state index contributed by atoms with van der Waals surface area (Å²) in [6.07, 6.45) is -4.22. The van der Waals surface area contributed by atoms with Gasteiger partial charge in [0.25, 0.3) is 5.91 Å². The minimum absolute atomic E-state index is 0.0136. The smallest absolute Gasteiger partial charge is 0.417 e. The minimum Gasteiger partial charge on any atom is -0.495 e. The number of anilines is 2. The molecule has 1 fully saturated rings. The van der Waals surface area contributed by atoms with Crippen molar-refractivity contribution in [3.8, 4) is 5.75 Å². The molecule has 0 atom stereocenters. The first-order valence-electron chi connectivity index (χ1n) is 8.29. The maximum absolute atomic E-state index is 13.2. The van der Waals surface area contributed by atoms with Crippen molar-refractivity contribution in [2.24, 2.45) is 0 Å². The number of halogens is 3. The third-order valence-electron chi connectivity index (χ3n) is 4.30. The molecule has 0 radical (unpaired) electrons. The average molecular weight is 414 g/mol. The van der Waals surface area contributed by atoms with Crippen LogP contribution in [0.25, 0.3) is 0 Å². The highest BCUT2D eigenvalue weighted by atomic mass is 32.2. The summed E-state index contributed by atoms with van der Waals surface area (Å²) in [7, 11) is -2.12. The van der Waals surface area contributed by atoms with Gasteiger partial charge in [-0.25, -0.2) is 8.42 Å². The van der Waals surface area contributed by atoms with E-state index in [1.807, 2.05) is 0 Å². The number of ether oxygens (including phenoxy) is 1. The summed E-state index contributed by atoms with van der Waals surface area (Å²) >= 11 is 0. The highest BCUT2D eigenvalue weighted by molar-refractivity contribution is 7.93. The van der Waals surface area contributed by atoms with Gasteiger partial charge in [0.05, 0.1) is 35.4 Å². The van der Waals surface area contributed by atoms with Crippen LogP contribution >= 0.6 is 0 Å². The first kappa shape index (κ1) is 20.0. The summed E-state index contributed by atoms with van der Waals surface area (Å²) in [4.78, 5) is 12.5. The molecule has 1 aliphatic heterocycles. The summed E-state index contributed by atoms with van der Waals surface area (Å²) < 4.78 is 70.1. The number of hydrogen-bond donors (Lipinski definition) is 1. The Morgan fingerprint density at radius 3 is 2.50 bits per heavy atom. The van der Waals surface area contributed by atoms with E-state index in [-0.39, 0.29) is 17.2 Å². The number of carbonyl (C=O) groups is 1. The molecule has 2 aromatic rings. The van der Waals surface area contributed by atoms with E-state index in [1.54, 1.807) is 0 Å². The van der Waals surface area contributed by atoms with Gasteiger partial charge in [-0.2, -0.15) is 13.2 Å². The van der Waals surface area contributed by atoms with Gasteiger partial charge in [0, 0.05) is 6.54 Å². The lowest BCUT2D eigenvalue weighted by atomic mass is 10.1. The number of benzene rings is 2. The van der Waals surface area contributed by atoms with Gasteiger partial charge in [-0.1, -0.05) is 12.1 Å². The molecule has 0 aliphatic carbocycles. The molecule has 0 bridgehead atoms. The fourth-order valence-electron chi connectivity index (χ4n) is 3.00. The zero-order valence-electron chi connectivity index (χ0n) is 14.8. The number of alkyl halides is 3. The van der Waals surface area contributed by atoms with Gasteiger partial charge in [0.15, 0.2) is 0 Å². The fourth-order valence-corrected chi connectivity index (χ4v) is 4.55. The predicted molar refractivity (Wildman–Crippen MR) is 98.1 cm³/mol. The van der Waals surface area contributed by atoms with Gasteiger partial charge < -0.3 is 10.1 Å². The lowest BCUT2D eigenvalue weighted by molar-refractivity contribution is -0.137. The van der Waals surface area contributed by atoms with Gasteiger partial charge in [0.1, 0.15) is 5.75 Å². The summed E-state index contributed by atoms with van der Waals surface area (Å²) in [6, 6.07) is 8.75. The van der Waals surface area contributed by atoms with E-state index in [4.69, 9.17) is 4.74 Å². The number of hydrogen-bond acceptors (Lipinski definition) is 4. The van der Waals surface area contributed by atoms with E-state index in [2.05, 4.69) is 5.32 Å². The molecule has 0 spiro atoms. The second kappa shape index (κ2) is 7.34. The third kappa shape index (κ3) is 3.91. The van der Waals surface area contributed by atoms with Crippen molar-refractivity contribution in [1.29, 1.82) is 0 Å². The zero-order chi connectivity index (χ0) is 20.5. The SMILES string of the molecule is COc1ccc(N2CCCS2(=O)=O)cc1NC(=O)c1ccccc1C(F)(F)F. The number of amides is 1. The standard InChI is InChI=1S/C18H17F3N2O4S/c1-27-16-8-7-12(23-9-4-10-28(23,25)26)11-15(16)22-17(24)13-5-2-3-6-14(13)18(19,20)21/h2-3,5-8,11H,4,9-10H2,1H3,(H,22,24). The summed E-state index contributed by atoms with van der Waals surface area (Å²) in [5.41, 5.74) is -1.23. The van der Waals surface area contributed by atoms with E-state index in [9.17, 15) is 26.4 Å². The number of carbonyl (C=O) groups excluding carboxylic acids is 1. The molecular formula is C18H17F3N2O4S. The first-order chi connectivity index (χ1) is 13.1. The number of methoxy groups -OCH3 is 1. The van der Waals surface area contributed by atoms with Crippen LogP contribution in [0.4, 0.5) is 24.5 Å². The zero-order valence-corrected chi connectivity index (χ0v) is 15.6. The van der Waals surface area contributed by atoms with Gasteiger partial charge in [-0.05, 0) is 36.8 Å². The highest BCUT2D eigenvalue weighted by Crippen LogP contribution is 2.35. The number of sulfonamides is 1. The third-order valence-corrected chi connectivity index (χ3v) is 6.17. The molecular weight excluding hydrogens is 397 g/mol. The molecule has 1 N–H and O–H groups in total. The van der Waals surface area contributed by atoms with Crippen LogP contribution in [0.5, 0.6) is 5.75 Å². The Hall–Kier alpha value is -2.75. The molecule has 3 rings (SSSR count). The number of rotatable bonds is 4. The van der Waals surface area contributed by atoms with Gasteiger partial charge >= 0.3 is 6.18 Å². The number of nitrogens with zero attached hydrogens (tertiary/aromatic N) is 1. The minimum atomic E-state index is -4.69. The molecule has 1 heterocycles. The lowest BCUT2D eigenvalue weighted by Crippen LogP contribution is -2.25. The Balaban J connectivity index is 1.96. The van der Waals surface area contributed by atoms with E-state index >= 15 is 0 Å². The quantitative estimate of drug-likeness (QED) is 0.831. The van der Waals surface area contributed by atoms with E-state index in [0.717, 1.165) is 12.1 Å². The Kier molecular flexibility index (Phi) is 5.24. The molecule has 1 aliphatic rings.